The fourth-order valence-electron chi connectivity index (χ4n) is 4.52. The highest BCUT2D eigenvalue weighted by molar-refractivity contribution is 5.78. The van der Waals surface area contributed by atoms with Gasteiger partial charge in [0, 0.05) is 13.5 Å². The lowest BCUT2D eigenvalue weighted by molar-refractivity contribution is -0.165. The minimum atomic E-state index is -0.306. The fourth-order valence-corrected chi connectivity index (χ4v) is 4.52. The molecule has 0 aliphatic heterocycles. The van der Waals surface area contributed by atoms with E-state index in [1.165, 1.54) is 14.2 Å². The number of rotatable bonds is 7. The number of ether oxygens (including phenoxy) is 2. The average molecular weight is 339 g/mol. The zero-order valence-electron chi connectivity index (χ0n) is 15.0. The molecule has 1 atom stereocenters. The molecule has 0 aromatic heterocycles. The van der Waals surface area contributed by atoms with Crippen LogP contribution in [-0.2, 0) is 23.9 Å². The maximum absolute atomic E-state index is 12.1. The fraction of sp³-hybridized carbons (Fsp3) is 0.833. The summed E-state index contributed by atoms with van der Waals surface area (Å²) >= 11 is 0. The molecule has 0 spiro atoms. The molecule has 6 heteroatoms. The maximum Gasteiger partial charge on any atom is 0.311 e. The molecule has 3 aliphatic rings. The smallest absolute Gasteiger partial charge is 0.311 e. The Morgan fingerprint density at radius 3 is 2.04 bits per heavy atom. The predicted molar refractivity (Wildman–Crippen MR) is 88.0 cm³/mol. The summed E-state index contributed by atoms with van der Waals surface area (Å²) in [4.78, 5) is 35.8. The van der Waals surface area contributed by atoms with Crippen LogP contribution < -0.4 is 5.32 Å². The zero-order chi connectivity index (χ0) is 17.8. The van der Waals surface area contributed by atoms with Gasteiger partial charge in [0.1, 0.15) is 0 Å². The Morgan fingerprint density at radius 2 is 1.58 bits per heavy atom. The molecule has 0 aromatic carbocycles. The van der Waals surface area contributed by atoms with E-state index in [1.54, 1.807) is 7.05 Å². The summed E-state index contributed by atoms with van der Waals surface area (Å²) < 4.78 is 9.95. The van der Waals surface area contributed by atoms with Gasteiger partial charge in [-0.3, -0.25) is 14.4 Å². The molecule has 0 heterocycles. The third kappa shape index (κ3) is 3.73. The Morgan fingerprint density at radius 1 is 1.00 bits per heavy atom. The molecule has 0 radical (unpaired) electrons. The van der Waals surface area contributed by atoms with E-state index in [9.17, 15) is 14.4 Å². The molecule has 0 saturated heterocycles. The molecule has 2 bridgehead atoms. The normalized spacial score (nSPS) is 29.6. The summed E-state index contributed by atoms with van der Waals surface area (Å²) in [6.07, 6.45) is 6.92. The summed E-state index contributed by atoms with van der Waals surface area (Å²) in [5.41, 5.74) is -0.212. The van der Waals surface area contributed by atoms with E-state index >= 15 is 0 Å². The van der Waals surface area contributed by atoms with Crippen LogP contribution in [-0.4, -0.2) is 39.1 Å². The van der Waals surface area contributed by atoms with Gasteiger partial charge in [0.05, 0.1) is 25.6 Å². The molecule has 3 rings (SSSR count). The Bertz CT molecular complexity index is 477. The van der Waals surface area contributed by atoms with E-state index in [2.05, 4.69) is 5.32 Å². The quantitative estimate of drug-likeness (QED) is 0.719. The van der Waals surface area contributed by atoms with Gasteiger partial charge in [0.15, 0.2) is 0 Å². The van der Waals surface area contributed by atoms with Gasteiger partial charge in [0.25, 0.3) is 0 Å². The number of nitrogens with one attached hydrogen (secondary N) is 1. The molecule has 3 saturated carbocycles. The molecule has 1 unspecified atom stereocenters. The van der Waals surface area contributed by atoms with Crippen molar-refractivity contribution in [3.63, 3.8) is 0 Å². The van der Waals surface area contributed by atoms with E-state index in [-0.39, 0.29) is 34.6 Å². The lowest BCUT2D eigenvalue weighted by Gasteiger charge is -2.52. The van der Waals surface area contributed by atoms with Gasteiger partial charge < -0.3 is 14.8 Å². The Hall–Kier alpha value is -1.59. The minimum absolute atomic E-state index is 0.0570. The molecule has 1 amide bonds. The summed E-state index contributed by atoms with van der Waals surface area (Å²) in [7, 11) is 4.46. The third-order valence-corrected chi connectivity index (χ3v) is 6.23. The number of carbonyl (C=O) groups is 3. The van der Waals surface area contributed by atoms with E-state index in [4.69, 9.17) is 9.47 Å². The zero-order valence-corrected chi connectivity index (χ0v) is 15.0. The highest BCUT2D eigenvalue weighted by atomic mass is 16.5. The maximum atomic E-state index is 12.1. The van der Waals surface area contributed by atoms with E-state index < -0.39 is 0 Å². The van der Waals surface area contributed by atoms with Crippen LogP contribution in [0, 0.1) is 16.7 Å². The number of hydrogen-bond donors (Lipinski definition) is 1. The predicted octanol–water partition coefficient (Wildman–Crippen LogP) is 2.21. The second-order valence-corrected chi connectivity index (χ2v) is 7.41. The number of methoxy groups -OCH3 is 2. The van der Waals surface area contributed by atoms with Gasteiger partial charge in [-0.05, 0) is 56.8 Å². The summed E-state index contributed by atoms with van der Waals surface area (Å²) in [5, 5.41) is 2.59. The highest BCUT2D eigenvalue weighted by Gasteiger charge is 2.53. The van der Waals surface area contributed by atoms with Crippen LogP contribution in [0.25, 0.3) is 0 Å². The van der Waals surface area contributed by atoms with Crippen LogP contribution in [0.2, 0.25) is 0 Å². The van der Waals surface area contributed by atoms with Crippen molar-refractivity contribution in [1.29, 1.82) is 0 Å². The van der Waals surface area contributed by atoms with Gasteiger partial charge in [0.2, 0.25) is 5.91 Å². The molecule has 6 nitrogen and oxygen atoms in total. The molecular weight excluding hydrogens is 310 g/mol. The van der Waals surface area contributed by atoms with Gasteiger partial charge in [-0.1, -0.05) is 0 Å². The van der Waals surface area contributed by atoms with Crippen molar-refractivity contribution in [1.82, 2.24) is 5.32 Å². The van der Waals surface area contributed by atoms with Crippen LogP contribution in [0.5, 0.6) is 0 Å². The number of carbonyl (C=O) groups excluding carboxylic acids is 3. The van der Waals surface area contributed by atoms with Crippen molar-refractivity contribution < 1.29 is 23.9 Å². The molecular formula is C18H29NO5. The Kier molecular flexibility index (Phi) is 5.88. The van der Waals surface area contributed by atoms with Crippen molar-refractivity contribution in [2.24, 2.45) is 16.7 Å². The molecule has 3 aliphatic carbocycles. The summed E-state index contributed by atoms with van der Waals surface area (Å²) in [6, 6.07) is 0. The first-order chi connectivity index (χ1) is 11.4. The molecule has 136 valence electrons. The van der Waals surface area contributed by atoms with Crippen molar-refractivity contribution >= 4 is 17.8 Å². The highest BCUT2D eigenvalue weighted by Crippen LogP contribution is 2.59. The topological polar surface area (TPSA) is 81.7 Å². The molecule has 24 heavy (non-hydrogen) atoms. The van der Waals surface area contributed by atoms with Crippen LogP contribution in [0.4, 0.5) is 0 Å². The lowest BCUT2D eigenvalue weighted by Crippen LogP contribution is -2.47. The number of fused-ring (bicyclic) bond motifs is 3. The number of esters is 2. The second-order valence-electron chi connectivity index (χ2n) is 7.41. The van der Waals surface area contributed by atoms with Crippen molar-refractivity contribution in [2.45, 2.75) is 57.8 Å². The standard InChI is InChI=1S/C18H29NO5/c1-19-14(20)5-4-13(15(21)23-2)12-17-6-9-18(10-7-17,11-8-17)16(22)24-3/h13H,4-12H2,1-3H3,(H,19,20). The lowest BCUT2D eigenvalue weighted by atomic mass is 9.52. The largest absolute Gasteiger partial charge is 0.469 e. The van der Waals surface area contributed by atoms with Crippen LogP contribution >= 0.6 is 0 Å². The SMILES string of the molecule is CNC(=O)CCC(CC12CCC(C(=O)OC)(CC1)CC2)C(=O)OC. The van der Waals surface area contributed by atoms with Crippen molar-refractivity contribution in [3.05, 3.63) is 0 Å². The number of hydrogen-bond acceptors (Lipinski definition) is 5. The minimum Gasteiger partial charge on any atom is -0.469 e. The van der Waals surface area contributed by atoms with E-state index in [0.29, 0.717) is 12.8 Å². The second kappa shape index (κ2) is 7.53. The average Bonchev–Trinajstić information content (AvgIpc) is 2.64. The van der Waals surface area contributed by atoms with Gasteiger partial charge in [-0.15, -0.1) is 0 Å². The monoisotopic (exact) mass is 339 g/mol. The van der Waals surface area contributed by atoms with Gasteiger partial charge in [-0.2, -0.15) is 0 Å². The van der Waals surface area contributed by atoms with Gasteiger partial charge >= 0.3 is 11.9 Å². The molecule has 1 N–H and O–H groups in total. The number of amides is 1. The van der Waals surface area contributed by atoms with Gasteiger partial charge in [-0.25, -0.2) is 0 Å². The van der Waals surface area contributed by atoms with E-state index in [1.807, 2.05) is 0 Å². The summed E-state index contributed by atoms with van der Waals surface area (Å²) in [6.45, 7) is 0. The van der Waals surface area contributed by atoms with E-state index in [0.717, 1.165) is 44.9 Å². The Labute approximate surface area is 143 Å². The first-order valence-corrected chi connectivity index (χ1v) is 8.77. The Balaban J connectivity index is 2.01. The molecule has 3 fully saturated rings. The van der Waals surface area contributed by atoms with Crippen LogP contribution in [0.3, 0.4) is 0 Å². The van der Waals surface area contributed by atoms with Crippen LogP contribution in [0.1, 0.15) is 57.8 Å². The van der Waals surface area contributed by atoms with Crippen molar-refractivity contribution in [3.8, 4) is 0 Å². The van der Waals surface area contributed by atoms with Crippen LogP contribution in [0.15, 0.2) is 0 Å². The molecule has 0 aromatic rings. The van der Waals surface area contributed by atoms with Crippen molar-refractivity contribution in [2.75, 3.05) is 21.3 Å². The first-order valence-electron chi connectivity index (χ1n) is 8.77. The summed E-state index contributed by atoms with van der Waals surface area (Å²) in [5.74, 6) is -0.627. The third-order valence-electron chi connectivity index (χ3n) is 6.23. The first kappa shape index (κ1) is 18.7.